The van der Waals surface area contributed by atoms with E-state index in [-0.39, 0.29) is 24.3 Å². The molecule has 4 aliphatic rings. The third kappa shape index (κ3) is 4.24. The Kier molecular flexibility index (Phi) is 6.93. The zero-order chi connectivity index (χ0) is 23.4. The molecule has 2 aromatic rings. The highest BCUT2D eigenvalue weighted by atomic mass is 32.2. The summed E-state index contributed by atoms with van der Waals surface area (Å²) in [6.45, 7) is 3.89. The molecule has 4 saturated heterocycles. The van der Waals surface area contributed by atoms with Crippen molar-refractivity contribution in [3.63, 3.8) is 0 Å². The molecule has 6 atom stereocenters. The molecule has 4 fully saturated rings. The van der Waals surface area contributed by atoms with Gasteiger partial charge in [0.25, 0.3) is 0 Å². The molecule has 0 radical (unpaired) electrons. The van der Waals surface area contributed by atoms with Crippen LogP contribution in [0.25, 0.3) is 10.8 Å². The standard InChI is InChI=1S/C26H34N2O2S4/c1-15(29)21-23(25-31-11-5-12-32-25)27(21)19-9-3-8-18-17(19)7-4-10-20(18)28-22(16(2)30)24(28)26-33-13-6-14-34-26/h3-4,7-10,15-16,21-26,29-30H,5-6,11-14H2,1-2H3/t15-,16+,21-,22+,23-,24+,27?,28?. The van der Waals surface area contributed by atoms with E-state index in [1.807, 2.05) is 13.8 Å². The van der Waals surface area contributed by atoms with E-state index >= 15 is 0 Å². The lowest BCUT2D eigenvalue weighted by Crippen LogP contribution is -2.20. The first-order chi connectivity index (χ1) is 16.6. The van der Waals surface area contributed by atoms with E-state index in [1.165, 1.54) is 58.0 Å². The Balaban J connectivity index is 1.35. The number of benzene rings is 2. The predicted octanol–water partition coefficient (Wildman–Crippen LogP) is 5.11. The third-order valence-electron chi connectivity index (χ3n) is 7.49. The highest BCUT2D eigenvalue weighted by Crippen LogP contribution is 2.53. The van der Waals surface area contributed by atoms with E-state index in [9.17, 15) is 10.2 Å². The summed E-state index contributed by atoms with van der Waals surface area (Å²) in [5.41, 5.74) is 2.49. The maximum atomic E-state index is 10.6. The summed E-state index contributed by atoms with van der Waals surface area (Å²) in [5, 5.41) is 23.8. The molecule has 0 aromatic heterocycles. The molecule has 6 rings (SSSR count). The molecule has 8 heteroatoms. The lowest BCUT2D eigenvalue weighted by molar-refractivity contribution is 0.193. The zero-order valence-corrected chi connectivity index (χ0v) is 23.0. The van der Waals surface area contributed by atoms with E-state index in [1.54, 1.807) is 0 Å². The molecule has 0 saturated carbocycles. The molecule has 0 unspecified atom stereocenters. The van der Waals surface area contributed by atoms with Gasteiger partial charge in [-0.15, -0.1) is 47.0 Å². The van der Waals surface area contributed by atoms with E-state index < -0.39 is 0 Å². The van der Waals surface area contributed by atoms with Crippen LogP contribution in [0.2, 0.25) is 0 Å². The van der Waals surface area contributed by atoms with E-state index in [4.69, 9.17) is 0 Å². The summed E-state index contributed by atoms with van der Waals surface area (Å²) in [7, 11) is 0. The van der Waals surface area contributed by atoms with Crippen molar-refractivity contribution in [2.24, 2.45) is 0 Å². The normalized spacial score (nSPS) is 32.1. The summed E-state index contributed by atoms with van der Waals surface area (Å²) >= 11 is 8.26. The number of thioether (sulfide) groups is 4. The van der Waals surface area contributed by atoms with Gasteiger partial charge in [0.05, 0.1) is 45.5 Å². The molecular formula is C26H34N2O2S4. The number of nitrogens with zero attached hydrogens (tertiary/aromatic N) is 2. The molecule has 2 aromatic carbocycles. The average molecular weight is 535 g/mol. The van der Waals surface area contributed by atoms with Gasteiger partial charge < -0.3 is 20.0 Å². The van der Waals surface area contributed by atoms with Crippen LogP contribution >= 0.6 is 47.0 Å². The Labute approximate surface area is 220 Å². The van der Waals surface area contributed by atoms with Gasteiger partial charge in [0, 0.05) is 22.1 Å². The van der Waals surface area contributed by atoms with Crippen LogP contribution in [0, 0.1) is 0 Å². The molecule has 4 aliphatic heterocycles. The van der Waals surface area contributed by atoms with Gasteiger partial charge >= 0.3 is 0 Å². The first-order valence-corrected chi connectivity index (χ1v) is 16.7. The van der Waals surface area contributed by atoms with E-state index in [0.29, 0.717) is 21.2 Å². The minimum atomic E-state index is -0.344. The molecule has 0 aliphatic carbocycles. The van der Waals surface area contributed by atoms with Crippen molar-refractivity contribution in [2.75, 3.05) is 32.8 Å². The van der Waals surface area contributed by atoms with Gasteiger partial charge in [0.1, 0.15) is 0 Å². The van der Waals surface area contributed by atoms with Gasteiger partial charge in [-0.1, -0.05) is 24.3 Å². The summed E-state index contributed by atoms with van der Waals surface area (Å²) in [6, 6.07) is 14.5. The second-order valence-electron chi connectivity index (χ2n) is 9.83. The molecule has 2 N–H and O–H groups in total. The number of hydrogen-bond acceptors (Lipinski definition) is 8. The van der Waals surface area contributed by atoms with Crippen LogP contribution in [0.3, 0.4) is 0 Å². The van der Waals surface area contributed by atoms with Gasteiger partial charge in [0.15, 0.2) is 0 Å². The Bertz CT molecular complexity index is 944. The number of anilines is 2. The van der Waals surface area contributed by atoms with Crippen molar-refractivity contribution in [1.29, 1.82) is 0 Å². The minimum absolute atomic E-state index is 0.187. The fourth-order valence-electron chi connectivity index (χ4n) is 5.93. The fourth-order valence-corrected chi connectivity index (χ4v) is 12.4. The van der Waals surface area contributed by atoms with E-state index in [2.05, 4.69) is 93.2 Å². The van der Waals surface area contributed by atoms with Crippen molar-refractivity contribution in [3.8, 4) is 0 Å². The van der Waals surface area contributed by atoms with Crippen molar-refractivity contribution in [2.45, 2.75) is 72.2 Å². The highest BCUT2D eigenvalue weighted by molar-refractivity contribution is 8.18. The third-order valence-corrected chi connectivity index (χ3v) is 13.6. The van der Waals surface area contributed by atoms with Crippen molar-refractivity contribution >= 4 is 69.2 Å². The first kappa shape index (κ1) is 24.0. The Morgan fingerprint density at radius 2 is 1.06 bits per heavy atom. The number of aliphatic hydroxyl groups is 2. The van der Waals surface area contributed by atoms with Gasteiger partial charge in [-0.3, -0.25) is 0 Å². The SMILES string of the molecule is C[C@H](O)[C@H]1[C@@H](C2SCCCS2)N1c1cccc2c(N3[C@H]([C@@H](C)O)[C@@H]3C3SCCCS3)cccc12. The lowest BCUT2D eigenvalue weighted by atomic mass is 10.1. The highest BCUT2D eigenvalue weighted by Gasteiger charge is 2.57. The second kappa shape index (κ2) is 9.82. The summed E-state index contributed by atoms with van der Waals surface area (Å²) in [6.07, 6.45) is 1.88. The predicted molar refractivity (Wildman–Crippen MR) is 154 cm³/mol. The quantitative estimate of drug-likeness (QED) is 0.496. The van der Waals surface area contributed by atoms with Crippen LogP contribution in [0.15, 0.2) is 36.4 Å². The Morgan fingerprint density at radius 1 is 0.676 bits per heavy atom. The lowest BCUT2D eigenvalue weighted by Gasteiger charge is -2.22. The maximum Gasteiger partial charge on any atom is 0.0774 e. The van der Waals surface area contributed by atoms with E-state index in [0.717, 1.165) is 0 Å². The Morgan fingerprint density at radius 3 is 1.41 bits per heavy atom. The average Bonchev–Trinajstić information content (AvgIpc) is 3.77. The largest absolute Gasteiger partial charge is 0.391 e. The monoisotopic (exact) mass is 534 g/mol. The first-order valence-electron chi connectivity index (χ1n) is 12.5. The number of hydrogen-bond donors (Lipinski definition) is 2. The summed E-state index contributed by atoms with van der Waals surface area (Å²) in [5.74, 6) is 4.90. The Hall–Kier alpha value is -0.380. The number of aliphatic hydroxyl groups excluding tert-OH is 2. The molecule has 0 amide bonds. The van der Waals surface area contributed by atoms with Crippen LogP contribution < -0.4 is 9.80 Å². The maximum absolute atomic E-state index is 10.6. The number of rotatable bonds is 6. The smallest absolute Gasteiger partial charge is 0.0774 e. The van der Waals surface area contributed by atoms with Crippen molar-refractivity contribution < 1.29 is 10.2 Å². The molecule has 34 heavy (non-hydrogen) atoms. The molecule has 0 bridgehead atoms. The van der Waals surface area contributed by atoms with Crippen LogP contribution in [0.5, 0.6) is 0 Å². The van der Waals surface area contributed by atoms with Crippen molar-refractivity contribution in [3.05, 3.63) is 36.4 Å². The fraction of sp³-hybridized carbons (Fsp3) is 0.615. The molecule has 0 spiro atoms. The summed E-state index contributed by atoms with van der Waals surface area (Å²) in [4.78, 5) is 4.96. The van der Waals surface area contributed by atoms with Crippen LogP contribution in [0.1, 0.15) is 26.7 Å². The van der Waals surface area contributed by atoms with Crippen LogP contribution in [0.4, 0.5) is 11.4 Å². The van der Waals surface area contributed by atoms with Crippen molar-refractivity contribution in [1.82, 2.24) is 0 Å². The van der Waals surface area contributed by atoms with Gasteiger partial charge in [-0.25, -0.2) is 0 Å². The second-order valence-corrected chi connectivity index (χ2v) is 15.4. The topological polar surface area (TPSA) is 46.5 Å². The zero-order valence-electron chi connectivity index (χ0n) is 19.7. The molecule has 4 heterocycles. The van der Waals surface area contributed by atoms with Gasteiger partial charge in [0.2, 0.25) is 0 Å². The minimum Gasteiger partial charge on any atom is -0.391 e. The van der Waals surface area contributed by atoms with Crippen LogP contribution in [-0.4, -0.2) is 78.8 Å². The molecule has 184 valence electrons. The van der Waals surface area contributed by atoms with Crippen LogP contribution in [-0.2, 0) is 0 Å². The summed E-state index contributed by atoms with van der Waals surface area (Å²) < 4.78 is 1.06. The molecular weight excluding hydrogens is 501 g/mol. The number of fused-ring (bicyclic) bond motifs is 1. The van der Waals surface area contributed by atoms with Gasteiger partial charge in [-0.2, -0.15) is 0 Å². The molecule has 4 nitrogen and oxygen atoms in total. The van der Waals surface area contributed by atoms with Gasteiger partial charge in [-0.05, 0) is 61.8 Å².